The number of benzene rings is 3. The summed E-state index contributed by atoms with van der Waals surface area (Å²) in [6.07, 6.45) is 3.76. The highest BCUT2D eigenvalue weighted by Gasteiger charge is 2.18. The third kappa shape index (κ3) is 4.29. The summed E-state index contributed by atoms with van der Waals surface area (Å²) in [5.74, 6) is 0.538. The number of nitrogens with one attached hydrogen (secondary N) is 2. The molecule has 3 aromatic rings. The van der Waals surface area contributed by atoms with E-state index in [1.54, 1.807) is 13.3 Å². The fraction of sp³-hybridized carbons (Fsp3) is 0.207. The average molecular weight is 477 g/mol. The Morgan fingerprint density at radius 1 is 0.944 bits per heavy atom. The SMILES string of the molecule is COc1ncccc1Nc1cc2nc3ccccc3n(-c3ccccc3)c-2cc1=NC1CCNCC1. The topological polar surface area (TPSA) is 76.4 Å². The Labute approximate surface area is 209 Å². The van der Waals surface area contributed by atoms with Gasteiger partial charge in [-0.05, 0) is 74.5 Å². The zero-order chi connectivity index (χ0) is 24.3. The van der Waals surface area contributed by atoms with Gasteiger partial charge in [-0.15, -0.1) is 0 Å². The summed E-state index contributed by atoms with van der Waals surface area (Å²) < 4.78 is 7.77. The molecule has 0 bridgehead atoms. The third-order valence-corrected chi connectivity index (χ3v) is 6.58. The molecule has 7 nitrogen and oxygen atoms in total. The third-order valence-electron chi connectivity index (χ3n) is 6.58. The van der Waals surface area contributed by atoms with Crippen molar-refractivity contribution in [2.24, 2.45) is 4.99 Å². The summed E-state index contributed by atoms with van der Waals surface area (Å²) in [5, 5.41) is 7.88. The van der Waals surface area contributed by atoms with Crippen LogP contribution in [0, 0.1) is 0 Å². The Kier molecular flexibility index (Phi) is 6.05. The van der Waals surface area contributed by atoms with Crippen molar-refractivity contribution >= 4 is 22.4 Å². The van der Waals surface area contributed by atoms with Crippen LogP contribution in [0.2, 0.25) is 0 Å². The first-order valence-corrected chi connectivity index (χ1v) is 12.3. The molecule has 1 saturated heterocycles. The summed E-state index contributed by atoms with van der Waals surface area (Å²) in [6.45, 7) is 1.97. The zero-order valence-corrected chi connectivity index (χ0v) is 20.2. The van der Waals surface area contributed by atoms with E-state index >= 15 is 0 Å². The molecule has 1 fully saturated rings. The standard InChI is InChI=1S/C29H28N6O/c1-36-29-23(11-7-15-31-29)34-24-18-26-28(19-25(24)32-20-13-16-30-17-14-20)35(21-8-3-2-4-9-21)27-12-6-5-10-22(27)33-26/h2-12,15,18-20,30,34H,13-14,16-17H2,1H3. The van der Waals surface area contributed by atoms with Gasteiger partial charge in [0.1, 0.15) is 5.69 Å². The molecule has 6 rings (SSSR count). The van der Waals surface area contributed by atoms with E-state index in [0.29, 0.717) is 5.88 Å². The van der Waals surface area contributed by atoms with E-state index in [1.807, 2.05) is 24.3 Å². The number of pyridine rings is 1. The van der Waals surface area contributed by atoms with Gasteiger partial charge in [0.15, 0.2) is 0 Å². The monoisotopic (exact) mass is 476 g/mol. The van der Waals surface area contributed by atoms with Gasteiger partial charge in [-0.25, -0.2) is 9.97 Å². The number of aromatic nitrogens is 3. The second-order valence-electron chi connectivity index (χ2n) is 8.93. The summed E-state index contributed by atoms with van der Waals surface area (Å²) in [4.78, 5) is 14.6. The van der Waals surface area contributed by atoms with E-state index in [4.69, 9.17) is 14.7 Å². The smallest absolute Gasteiger partial charge is 0.237 e. The normalized spacial score (nSPS) is 14.9. The number of para-hydroxylation sites is 3. The molecule has 0 amide bonds. The molecule has 180 valence electrons. The van der Waals surface area contributed by atoms with Crippen LogP contribution >= 0.6 is 0 Å². The van der Waals surface area contributed by atoms with Crippen molar-refractivity contribution in [1.29, 1.82) is 0 Å². The van der Waals surface area contributed by atoms with Crippen LogP contribution in [-0.4, -0.2) is 40.8 Å². The number of nitrogens with zero attached hydrogens (tertiary/aromatic N) is 4. The van der Waals surface area contributed by atoms with E-state index in [1.165, 1.54) is 0 Å². The molecule has 36 heavy (non-hydrogen) atoms. The van der Waals surface area contributed by atoms with E-state index in [2.05, 4.69) is 74.8 Å². The van der Waals surface area contributed by atoms with E-state index < -0.39 is 0 Å². The maximum Gasteiger partial charge on any atom is 0.237 e. The predicted molar refractivity (Wildman–Crippen MR) is 143 cm³/mol. The van der Waals surface area contributed by atoms with Gasteiger partial charge in [0.2, 0.25) is 5.88 Å². The predicted octanol–water partition coefficient (Wildman–Crippen LogP) is 4.93. The van der Waals surface area contributed by atoms with Crippen LogP contribution < -0.4 is 20.7 Å². The van der Waals surface area contributed by atoms with Crippen LogP contribution in [0.1, 0.15) is 12.8 Å². The minimum Gasteiger partial charge on any atom is -0.480 e. The molecule has 3 heterocycles. The van der Waals surface area contributed by atoms with Crippen molar-refractivity contribution in [2.45, 2.75) is 18.9 Å². The van der Waals surface area contributed by atoms with Crippen molar-refractivity contribution < 1.29 is 4.74 Å². The number of hydrogen-bond donors (Lipinski definition) is 2. The first-order valence-electron chi connectivity index (χ1n) is 12.3. The molecule has 0 unspecified atom stereocenters. The second kappa shape index (κ2) is 9.79. The zero-order valence-electron chi connectivity index (χ0n) is 20.2. The fourth-order valence-electron chi connectivity index (χ4n) is 4.83. The van der Waals surface area contributed by atoms with Crippen molar-refractivity contribution in [1.82, 2.24) is 19.9 Å². The van der Waals surface area contributed by atoms with Gasteiger partial charge in [0.25, 0.3) is 0 Å². The average Bonchev–Trinajstić information content (AvgIpc) is 2.93. The Balaban J connectivity index is 1.62. The molecule has 7 heteroatoms. The van der Waals surface area contributed by atoms with Crippen molar-refractivity contribution in [2.75, 3.05) is 25.5 Å². The molecule has 1 aromatic heterocycles. The van der Waals surface area contributed by atoms with Gasteiger partial charge in [-0.2, -0.15) is 0 Å². The van der Waals surface area contributed by atoms with Gasteiger partial charge in [-0.3, -0.25) is 4.99 Å². The molecule has 2 N–H and O–H groups in total. The number of hydrogen-bond acceptors (Lipinski definition) is 6. The van der Waals surface area contributed by atoms with Crippen LogP contribution in [0.5, 0.6) is 5.88 Å². The number of piperidine rings is 1. The van der Waals surface area contributed by atoms with E-state index in [9.17, 15) is 0 Å². The highest BCUT2D eigenvalue weighted by Crippen LogP contribution is 2.31. The minimum atomic E-state index is 0.263. The summed E-state index contributed by atoms with van der Waals surface area (Å²) in [5.41, 5.74) is 6.64. The summed E-state index contributed by atoms with van der Waals surface area (Å²) in [6, 6.07) is 27.0. The number of methoxy groups -OCH3 is 1. The van der Waals surface area contributed by atoms with Gasteiger partial charge >= 0.3 is 0 Å². The lowest BCUT2D eigenvalue weighted by atomic mass is 10.1. The van der Waals surface area contributed by atoms with Crippen molar-refractivity contribution in [3.8, 4) is 23.0 Å². The van der Waals surface area contributed by atoms with Crippen molar-refractivity contribution in [3.05, 3.63) is 90.4 Å². The lowest BCUT2D eigenvalue weighted by Gasteiger charge is -2.22. The minimum absolute atomic E-state index is 0.263. The highest BCUT2D eigenvalue weighted by atomic mass is 16.5. The van der Waals surface area contributed by atoms with Gasteiger partial charge in [-0.1, -0.05) is 30.3 Å². The molecule has 0 radical (unpaired) electrons. The summed E-state index contributed by atoms with van der Waals surface area (Å²) >= 11 is 0. The van der Waals surface area contributed by atoms with E-state index in [-0.39, 0.29) is 6.04 Å². The first kappa shape index (κ1) is 22.2. The van der Waals surface area contributed by atoms with Gasteiger partial charge < -0.3 is 19.9 Å². The molecular formula is C29H28N6O. The number of anilines is 2. The van der Waals surface area contributed by atoms with Crippen LogP contribution in [0.4, 0.5) is 11.4 Å². The highest BCUT2D eigenvalue weighted by molar-refractivity contribution is 5.84. The molecule has 0 spiro atoms. The fourth-order valence-corrected chi connectivity index (χ4v) is 4.83. The Hall–Kier alpha value is -4.23. The lowest BCUT2D eigenvalue weighted by molar-refractivity contribution is 0.400. The van der Waals surface area contributed by atoms with Crippen LogP contribution in [0.25, 0.3) is 28.1 Å². The second-order valence-corrected chi connectivity index (χ2v) is 8.93. The first-order chi connectivity index (χ1) is 17.8. The van der Waals surface area contributed by atoms with Crippen LogP contribution in [0.3, 0.4) is 0 Å². The lowest BCUT2D eigenvalue weighted by Crippen LogP contribution is -2.31. The van der Waals surface area contributed by atoms with Crippen LogP contribution in [0.15, 0.2) is 90.1 Å². The largest absolute Gasteiger partial charge is 0.480 e. The summed E-state index contributed by atoms with van der Waals surface area (Å²) in [7, 11) is 1.63. The number of ether oxygens (including phenoxy) is 1. The number of fused-ring (bicyclic) bond motifs is 2. The Bertz CT molecular complexity index is 1540. The molecule has 2 aromatic carbocycles. The molecule has 3 aliphatic rings. The van der Waals surface area contributed by atoms with E-state index in [0.717, 1.165) is 70.8 Å². The van der Waals surface area contributed by atoms with Crippen molar-refractivity contribution in [3.63, 3.8) is 0 Å². The molecular weight excluding hydrogens is 448 g/mol. The molecule has 2 aliphatic heterocycles. The van der Waals surface area contributed by atoms with Crippen LogP contribution in [-0.2, 0) is 0 Å². The van der Waals surface area contributed by atoms with Gasteiger partial charge in [0.05, 0.1) is 46.6 Å². The Morgan fingerprint density at radius 2 is 1.75 bits per heavy atom. The number of rotatable bonds is 5. The quantitative estimate of drug-likeness (QED) is 0.352. The molecule has 1 aliphatic carbocycles. The molecule has 0 saturated carbocycles. The maximum absolute atomic E-state index is 5.50. The Morgan fingerprint density at radius 3 is 2.58 bits per heavy atom. The molecule has 0 atom stereocenters. The van der Waals surface area contributed by atoms with Gasteiger partial charge in [0, 0.05) is 11.9 Å². The maximum atomic E-state index is 5.50.